The van der Waals surface area contributed by atoms with Gasteiger partial charge in [0.15, 0.2) is 0 Å². The fraction of sp³-hybridized carbons (Fsp3) is 1.00. The normalized spacial score (nSPS) is 27.6. The van der Waals surface area contributed by atoms with Gasteiger partial charge in [0.25, 0.3) is 0 Å². The van der Waals surface area contributed by atoms with Gasteiger partial charge in [0, 0.05) is 6.54 Å². The second-order valence-corrected chi connectivity index (χ2v) is 5.98. The van der Waals surface area contributed by atoms with Gasteiger partial charge in [-0.1, -0.05) is 19.8 Å². The first-order valence-corrected chi connectivity index (χ1v) is 7.16. The van der Waals surface area contributed by atoms with Gasteiger partial charge in [-0.05, 0) is 63.7 Å². The molecule has 0 aromatic carbocycles. The van der Waals surface area contributed by atoms with Crippen LogP contribution in [0.15, 0.2) is 0 Å². The summed E-state index contributed by atoms with van der Waals surface area (Å²) in [6.07, 6.45) is 8.49. The quantitative estimate of drug-likeness (QED) is 0.697. The molecule has 1 aliphatic heterocycles. The molecule has 2 aliphatic rings. The number of nitrogens with zero attached hydrogens (tertiary/aromatic N) is 1. The molecule has 1 saturated carbocycles. The molecule has 0 aromatic rings. The van der Waals surface area contributed by atoms with Crippen LogP contribution in [0.25, 0.3) is 0 Å². The molecule has 1 N–H and O–H groups in total. The van der Waals surface area contributed by atoms with Crippen LogP contribution in [-0.4, -0.2) is 38.1 Å². The lowest BCUT2D eigenvalue weighted by atomic mass is 9.92. The maximum atomic E-state index is 3.48. The molecule has 2 fully saturated rings. The lowest BCUT2D eigenvalue weighted by Gasteiger charge is -2.25. The molecule has 16 heavy (non-hydrogen) atoms. The smallest absolute Gasteiger partial charge is 0.00121 e. The summed E-state index contributed by atoms with van der Waals surface area (Å²) in [6, 6.07) is 0. The molecule has 1 spiro atoms. The van der Waals surface area contributed by atoms with Crippen molar-refractivity contribution in [3.05, 3.63) is 0 Å². The molecule has 94 valence electrons. The third-order valence-electron chi connectivity index (χ3n) is 4.63. The Bertz CT molecular complexity index is 209. The molecule has 0 aromatic heterocycles. The maximum Gasteiger partial charge on any atom is 0.00121 e. The average molecular weight is 224 g/mol. The van der Waals surface area contributed by atoms with Gasteiger partial charge in [0.1, 0.15) is 0 Å². The zero-order valence-corrected chi connectivity index (χ0v) is 11.1. The lowest BCUT2D eigenvalue weighted by Crippen LogP contribution is -2.32. The van der Waals surface area contributed by atoms with Crippen molar-refractivity contribution in [2.45, 2.75) is 45.4 Å². The molecule has 1 unspecified atom stereocenters. The predicted octanol–water partition coefficient (Wildman–Crippen LogP) is 2.50. The van der Waals surface area contributed by atoms with E-state index >= 15 is 0 Å². The zero-order chi connectivity index (χ0) is 11.4. The van der Waals surface area contributed by atoms with Crippen LogP contribution in [0.5, 0.6) is 0 Å². The van der Waals surface area contributed by atoms with Gasteiger partial charge in [-0.3, -0.25) is 0 Å². The second kappa shape index (κ2) is 5.50. The number of hydrogen-bond acceptors (Lipinski definition) is 2. The van der Waals surface area contributed by atoms with Crippen molar-refractivity contribution in [3.8, 4) is 0 Å². The average Bonchev–Trinajstić information content (AvgIpc) is 2.92. The third kappa shape index (κ3) is 2.98. The largest absolute Gasteiger partial charge is 0.317 e. The SMILES string of the molecule is CCCCCN(C)CC1CC12CCNCC2. The standard InChI is InChI=1S/C14H28N2/c1-3-4-5-10-16(2)12-13-11-14(13)6-8-15-9-7-14/h13,15H,3-12H2,1-2H3. The molecule has 1 heterocycles. The summed E-state index contributed by atoms with van der Waals surface area (Å²) in [4.78, 5) is 2.57. The molecule has 2 nitrogen and oxygen atoms in total. The molecular weight excluding hydrogens is 196 g/mol. The Kier molecular flexibility index (Phi) is 4.26. The summed E-state index contributed by atoms with van der Waals surface area (Å²) < 4.78 is 0. The Balaban J connectivity index is 1.63. The molecule has 0 amide bonds. The summed E-state index contributed by atoms with van der Waals surface area (Å²) in [5.41, 5.74) is 0.768. The number of unbranched alkanes of at least 4 members (excludes halogenated alkanes) is 2. The molecule has 2 heteroatoms. The highest BCUT2D eigenvalue weighted by molar-refractivity contribution is 5.05. The van der Waals surface area contributed by atoms with Crippen LogP contribution in [0.4, 0.5) is 0 Å². The van der Waals surface area contributed by atoms with Crippen molar-refractivity contribution in [2.24, 2.45) is 11.3 Å². The van der Waals surface area contributed by atoms with Gasteiger partial charge in [-0.15, -0.1) is 0 Å². The highest BCUT2D eigenvalue weighted by Gasteiger charge is 2.53. The van der Waals surface area contributed by atoms with Crippen molar-refractivity contribution in [2.75, 3.05) is 33.2 Å². The van der Waals surface area contributed by atoms with Crippen LogP contribution >= 0.6 is 0 Å². The number of nitrogens with one attached hydrogen (secondary N) is 1. The summed E-state index contributed by atoms with van der Waals surface area (Å²) in [5, 5.41) is 3.48. The van der Waals surface area contributed by atoms with Crippen molar-refractivity contribution in [1.82, 2.24) is 10.2 Å². The van der Waals surface area contributed by atoms with Crippen LogP contribution in [0.2, 0.25) is 0 Å². The van der Waals surface area contributed by atoms with E-state index in [9.17, 15) is 0 Å². The van der Waals surface area contributed by atoms with E-state index in [4.69, 9.17) is 0 Å². The first-order chi connectivity index (χ1) is 7.77. The minimum absolute atomic E-state index is 0.768. The molecule has 1 saturated heterocycles. The second-order valence-electron chi connectivity index (χ2n) is 5.98. The van der Waals surface area contributed by atoms with Crippen LogP contribution < -0.4 is 5.32 Å². The Labute approximate surface area is 101 Å². The predicted molar refractivity (Wildman–Crippen MR) is 69.7 cm³/mol. The van der Waals surface area contributed by atoms with E-state index in [0.29, 0.717) is 0 Å². The van der Waals surface area contributed by atoms with E-state index in [1.165, 1.54) is 64.7 Å². The fourth-order valence-electron chi connectivity index (χ4n) is 3.33. The lowest BCUT2D eigenvalue weighted by molar-refractivity contribution is 0.259. The molecule has 1 aliphatic carbocycles. The number of rotatable bonds is 6. The minimum atomic E-state index is 0.768. The Morgan fingerprint density at radius 2 is 2.00 bits per heavy atom. The van der Waals surface area contributed by atoms with E-state index in [-0.39, 0.29) is 0 Å². The van der Waals surface area contributed by atoms with Crippen molar-refractivity contribution >= 4 is 0 Å². The summed E-state index contributed by atoms with van der Waals surface area (Å²) in [5.74, 6) is 1.02. The maximum absolute atomic E-state index is 3.48. The van der Waals surface area contributed by atoms with E-state index in [2.05, 4.69) is 24.2 Å². The van der Waals surface area contributed by atoms with Crippen molar-refractivity contribution < 1.29 is 0 Å². The number of hydrogen-bond donors (Lipinski definition) is 1. The van der Waals surface area contributed by atoms with Crippen LogP contribution in [-0.2, 0) is 0 Å². The third-order valence-corrected chi connectivity index (χ3v) is 4.63. The van der Waals surface area contributed by atoms with Gasteiger partial charge >= 0.3 is 0 Å². The van der Waals surface area contributed by atoms with Crippen LogP contribution in [0.3, 0.4) is 0 Å². The molecule has 0 radical (unpaired) electrons. The van der Waals surface area contributed by atoms with E-state index in [1.807, 2.05) is 0 Å². The van der Waals surface area contributed by atoms with Gasteiger partial charge in [0.05, 0.1) is 0 Å². The van der Waals surface area contributed by atoms with Gasteiger partial charge in [-0.2, -0.15) is 0 Å². The topological polar surface area (TPSA) is 15.3 Å². The molecule has 0 bridgehead atoms. The highest BCUT2D eigenvalue weighted by Crippen LogP contribution is 2.58. The Morgan fingerprint density at radius 1 is 1.25 bits per heavy atom. The number of piperidine rings is 1. The molecule has 1 atom stereocenters. The van der Waals surface area contributed by atoms with Gasteiger partial charge < -0.3 is 10.2 Å². The highest BCUT2D eigenvalue weighted by atomic mass is 15.1. The minimum Gasteiger partial charge on any atom is -0.317 e. The van der Waals surface area contributed by atoms with E-state index in [0.717, 1.165) is 11.3 Å². The van der Waals surface area contributed by atoms with Crippen molar-refractivity contribution in [1.29, 1.82) is 0 Å². The summed E-state index contributed by atoms with van der Waals surface area (Å²) in [6.45, 7) is 7.46. The van der Waals surface area contributed by atoms with Gasteiger partial charge in [-0.25, -0.2) is 0 Å². The van der Waals surface area contributed by atoms with Gasteiger partial charge in [0.2, 0.25) is 0 Å². The fourth-order valence-corrected chi connectivity index (χ4v) is 3.33. The monoisotopic (exact) mass is 224 g/mol. The van der Waals surface area contributed by atoms with E-state index in [1.54, 1.807) is 0 Å². The van der Waals surface area contributed by atoms with E-state index < -0.39 is 0 Å². The summed E-state index contributed by atoms with van der Waals surface area (Å²) >= 11 is 0. The first kappa shape index (κ1) is 12.4. The van der Waals surface area contributed by atoms with Crippen molar-refractivity contribution in [3.63, 3.8) is 0 Å². The summed E-state index contributed by atoms with van der Waals surface area (Å²) in [7, 11) is 2.31. The Hall–Kier alpha value is -0.0800. The molecule has 2 rings (SSSR count). The Morgan fingerprint density at radius 3 is 2.69 bits per heavy atom. The first-order valence-electron chi connectivity index (χ1n) is 7.16. The molecular formula is C14H28N2. The van der Waals surface area contributed by atoms with Crippen LogP contribution in [0, 0.1) is 11.3 Å². The zero-order valence-electron chi connectivity index (χ0n) is 11.1. The van der Waals surface area contributed by atoms with Crippen LogP contribution in [0.1, 0.15) is 45.4 Å².